The minimum Gasteiger partial charge on any atom is -0.492 e. The number of nitrogens with zero attached hydrogens (tertiary/aromatic N) is 2. The number of benzene rings is 1. The number of nitrogens with one attached hydrogen (secondary N) is 1. The van der Waals surface area contributed by atoms with Crippen molar-refractivity contribution >= 4 is 28.5 Å². The Morgan fingerprint density at radius 3 is 2.44 bits per heavy atom. The van der Waals surface area contributed by atoms with Gasteiger partial charge in [-0.05, 0) is 44.9 Å². The fourth-order valence-corrected chi connectivity index (χ4v) is 3.59. The molecule has 0 spiro atoms. The van der Waals surface area contributed by atoms with Crippen LogP contribution in [0.5, 0.6) is 11.8 Å². The van der Waals surface area contributed by atoms with Crippen LogP contribution in [0.15, 0.2) is 45.6 Å². The van der Waals surface area contributed by atoms with Gasteiger partial charge in [0, 0.05) is 61.9 Å². The van der Waals surface area contributed by atoms with Crippen molar-refractivity contribution in [3.05, 3.63) is 52.4 Å². The van der Waals surface area contributed by atoms with Crippen LogP contribution in [-0.4, -0.2) is 59.7 Å². The first kappa shape index (κ1) is 26.6. The quantitative estimate of drug-likeness (QED) is 0.238. The molecule has 11 nitrogen and oxygen atoms in total. The molecule has 1 amide bonds. The third-order valence-corrected chi connectivity index (χ3v) is 5.54. The van der Waals surface area contributed by atoms with Crippen LogP contribution < -0.4 is 20.7 Å². The summed E-state index contributed by atoms with van der Waals surface area (Å²) in [5, 5.41) is 22.2. The zero-order chi connectivity index (χ0) is 26.1. The number of anilines is 1. The molecular formula is C25H31N3O8. The standard InChI is InChI=1S/C25H31N3O8/c1-3-27(4-2)18-9-8-17-15-19(25(33)35-20(17)16-18)24(32)26-12-14-34-13-6-5-7-23(31)36-28-21(29)10-11-22(28)30/h8-11,15-16,29-30H,3-7,12-14H2,1-2H3,(H,26,32). The summed E-state index contributed by atoms with van der Waals surface area (Å²) in [5.41, 5.74) is 0.596. The van der Waals surface area contributed by atoms with E-state index in [2.05, 4.69) is 10.2 Å². The van der Waals surface area contributed by atoms with Crippen molar-refractivity contribution in [2.24, 2.45) is 0 Å². The molecule has 0 saturated carbocycles. The fourth-order valence-electron chi connectivity index (χ4n) is 3.59. The van der Waals surface area contributed by atoms with Crippen LogP contribution in [0.3, 0.4) is 0 Å². The molecule has 0 bridgehead atoms. The van der Waals surface area contributed by atoms with Gasteiger partial charge in [-0.25, -0.2) is 9.59 Å². The second-order valence-electron chi connectivity index (χ2n) is 7.97. The lowest BCUT2D eigenvalue weighted by atomic mass is 10.1. The van der Waals surface area contributed by atoms with Gasteiger partial charge in [0.1, 0.15) is 11.1 Å². The Morgan fingerprint density at radius 2 is 1.75 bits per heavy atom. The number of aromatic hydroxyl groups is 2. The summed E-state index contributed by atoms with van der Waals surface area (Å²) < 4.78 is 11.5. The van der Waals surface area contributed by atoms with Crippen molar-refractivity contribution in [1.29, 1.82) is 0 Å². The molecule has 0 saturated heterocycles. The highest BCUT2D eigenvalue weighted by Gasteiger charge is 2.15. The molecular weight excluding hydrogens is 470 g/mol. The molecule has 0 aliphatic rings. The highest BCUT2D eigenvalue weighted by atomic mass is 16.7. The number of carbonyl (C=O) groups excluding carboxylic acids is 2. The van der Waals surface area contributed by atoms with Gasteiger partial charge in [-0.1, -0.05) is 0 Å². The average molecular weight is 502 g/mol. The molecule has 11 heteroatoms. The molecule has 0 radical (unpaired) electrons. The molecule has 2 heterocycles. The van der Waals surface area contributed by atoms with E-state index in [1.54, 1.807) is 6.07 Å². The van der Waals surface area contributed by atoms with Crippen molar-refractivity contribution in [3.63, 3.8) is 0 Å². The summed E-state index contributed by atoms with van der Waals surface area (Å²) in [7, 11) is 0. The molecule has 0 aliphatic heterocycles. The van der Waals surface area contributed by atoms with Crippen molar-refractivity contribution in [1.82, 2.24) is 10.0 Å². The van der Waals surface area contributed by atoms with Gasteiger partial charge in [-0.2, -0.15) is 0 Å². The lowest BCUT2D eigenvalue weighted by Crippen LogP contribution is -2.31. The second kappa shape index (κ2) is 12.6. The molecule has 194 valence electrons. The first-order valence-corrected chi connectivity index (χ1v) is 11.8. The Bertz CT molecular complexity index is 1230. The maximum absolute atomic E-state index is 12.4. The molecule has 0 atom stereocenters. The van der Waals surface area contributed by atoms with E-state index >= 15 is 0 Å². The van der Waals surface area contributed by atoms with Gasteiger partial charge in [-0.3, -0.25) is 4.79 Å². The maximum atomic E-state index is 12.4. The topological polar surface area (TPSA) is 143 Å². The van der Waals surface area contributed by atoms with Crippen LogP contribution in [0.2, 0.25) is 0 Å². The summed E-state index contributed by atoms with van der Waals surface area (Å²) in [5.74, 6) is -1.90. The van der Waals surface area contributed by atoms with Crippen LogP contribution in [0.4, 0.5) is 5.69 Å². The highest BCUT2D eigenvalue weighted by molar-refractivity contribution is 5.97. The molecule has 3 N–H and O–H groups in total. The van der Waals surface area contributed by atoms with Crippen LogP contribution in [-0.2, 0) is 9.53 Å². The number of carbonyl (C=O) groups is 2. The predicted molar refractivity (Wildman–Crippen MR) is 132 cm³/mol. The minimum atomic E-state index is -0.703. The van der Waals surface area contributed by atoms with Crippen LogP contribution >= 0.6 is 0 Å². The number of unbranched alkanes of at least 4 members (excludes halogenated alkanes) is 1. The number of ether oxygens (including phenoxy) is 1. The number of fused-ring (bicyclic) bond motifs is 1. The lowest BCUT2D eigenvalue weighted by molar-refractivity contribution is -0.145. The number of hydrogen-bond acceptors (Lipinski definition) is 9. The first-order chi connectivity index (χ1) is 17.3. The number of aromatic nitrogens is 1. The second-order valence-corrected chi connectivity index (χ2v) is 7.97. The van der Waals surface area contributed by atoms with E-state index in [4.69, 9.17) is 14.0 Å². The number of amides is 1. The molecule has 36 heavy (non-hydrogen) atoms. The van der Waals surface area contributed by atoms with Crippen molar-refractivity contribution in [3.8, 4) is 11.8 Å². The zero-order valence-corrected chi connectivity index (χ0v) is 20.4. The Hall–Kier alpha value is -3.99. The summed E-state index contributed by atoms with van der Waals surface area (Å²) >= 11 is 0. The summed E-state index contributed by atoms with van der Waals surface area (Å²) in [6.07, 6.45) is 1.11. The fraction of sp³-hybridized carbons (Fsp3) is 0.400. The van der Waals surface area contributed by atoms with Gasteiger partial charge < -0.3 is 34.4 Å². The number of rotatable bonds is 13. The van der Waals surface area contributed by atoms with Crippen LogP contribution in [0, 0.1) is 0 Å². The predicted octanol–water partition coefficient (Wildman–Crippen LogP) is 2.42. The first-order valence-electron chi connectivity index (χ1n) is 11.8. The van der Waals surface area contributed by atoms with E-state index in [1.165, 1.54) is 18.2 Å². The third-order valence-electron chi connectivity index (χ3n) is 5.54. The summed E-state index contributed by atoms with van der Waals surface area (Å²) in [6, 6.07) is 9.48. The van der Waals surface area contributed by atoms with Crippen LogP contribution in [0.25, 0.3) is 11.0 Å². The van der Waals surface area contributed by atoms with Gasteiger partial charge >= 0.3 is 11.6 Å². The van der Waals surface area contributed by atoms with E-state index in [0.717, 1.165) is 18.8 Å². The van der Waals surface area contributed by atoms with Crippen molar-refractivity contribution in [2.45, 2.75) is 33.1 Å². The molecule has 2 aromatic heterocycles. The van der Waals surface area contributed by atoms with E-state index in [0.29, 0.717) is 35.1 Å². The van der Waals surface area contributed by atoms with E-state index < -0.39 is 17.5 Å². The van der Waals surface area contributed by atoms with Crippen molar-refractivity contribution < 1.29 is 33.8 Å². The van der Waals surface area contributed by atoms with E-state index in [9.17, 15) is 24.6 Å². The zero-order valence-electron chi connectivity index (χ0n) is 20.4. The van der Waals surface area contributed by atoms with E-state index in [-0.39, 0.29) is 36.9 Å². The summed E-state index contributed by atoms with van der Waals surface area (Å²) in [4.78, 5) is 43.5. The van der Waals surface area contributed by atoms with E-state index in [1.807, 2.05) is 26.0 Å². The van der Waals surface area contributed by atoms with Gasteiger partial charge in [-0.15, -0.1) is 4.73 Å². The van der Waals surface area contributed by atoms with Gasteiger partial charge in [0.15, 0.2) is 0 Å². The Labute approximate surface area is 207 Å². The molecule has 0 aliphatic carbocycles. The molecule has 3 aromatic rings. The SMILES string of the molecule is CCN(CC)c1ccc2cc(C(=O)NCCOCCCCC(=O)On3c(O)ccc3O)c(=O)oc2c1. The molecule has 3 rings (SSSR count). The highest BCUT2D eigenvalue weighted by Crippen LogP contribution is 2.22. The molecule has 1 aromatic carbocycles. The Balaban J connectivity index is 1.37. The monoisotopic (exact) mass is 501 g/mol. The van der Waals surface area contributed by atoms with Gasteiger partial charge in [0.2, 0.25) is 11.8 Å². The van der Waals surface area contributed by atoms with Crippen molar-refractivity contribution in [2.75, 3.05) is 37.7 Å². The van der Waals surface area contributed by atoms with Gasteiger partial charge in [0.25, 0.3) is 5.91 Å². The smallest absolute Gasteiger partial charge is 0.349 e. The van der Waals surface area contributed by atoms with Crippen LogP contribution in [0.1, 0.15) is 43.5 Å². The average Bonchev–Trinajstić information content (AvgIpc) is 3.17. The minimum absolute atomic E-state index is 0.0728. The lowest BCUT2D eigenvalue weighted by Gasteiger charge is -2.21. The molecule has 0 unspecified atom stereocenters. The van der Waals surface area contributed by atoms with Gasteiger partial charge in [0.05, 0.1) is 6.61 Å². The number of hydrogen-bond donors (Lipinski definition) is 3. The Kier molecular flexibility index (Phi) is 9.34. The normalized spacial score (nSPS) is 10.9. The maximum Gasteiger partial charge on any atom is 0.349 e. The summed E-state index contributed by atoms with van der Waals surface area (Å²) in [6.45, 7) is 6.53. The Morgan fingerprint density at radius 1 is 1.03 bits per heavy atom. The molecule has 0 fully saturated rings. The third kappa shape index (κ3) is 6.79. The largest absolute Gasteiger partial charge is 0.492 e.